The highest BCUT2D eigenvalue weighted by molar-refractivity contribution is 5.87. The highest BCUT2D eigenvalue weighted by atomic mass is 19.1. The molecule has 1 aromatic carbocycles. The van der Waals surface area contributed by atoms with E-state index in [4.69, 9.17) is 0 Å². The van der Waals surface area contributed by atoms with Gasteiger partial charge in [0.2, 0.25) is 0 Å². The van der Waals surface area contributed by atoms with Gasteiger partial charge in [-0.05, 0) is 52.1 Å². The number of halogens is 1. The van der Waals surface area contributed by atoms with E-state index in [1.165, 1.54) is 6.07 Å². The van der Waals surface area contributed by atoms with Crippen LogP contribution in [-0.2, 0) is 0 Å². The number of fused-ring (bicyclic) bond motifs is 1. The molecule has 0 spiro atoms. The third-order valence-electron chi connectivity index (χ3n) is 6.00. The molecule has 0 amide bonds. The van der Waals surface area contributed by atoms with Gasteiger partial charge in [0.1, 0.15) is 5.82 Å². The van der Waals surface area contributed by atoms with E-state index in [1.807, 2.05) is 14.0 Å². The minimum Gasteiger partial charge on any atom is -0.369 e. The molecule has 2 fully saturated rings. The Labute approximate surface area is 151 Å². The molecular weight excluding hydrogens is 335 g/mol. The lowest BCUT2D eigenvalue weighted by molar-refractivity contribution is 0.428. The van der Waals surface area contributed by atoms with Gasteiger partial charge >= 0.3 is 5.69 Å². The smallest absolute Gasteiger partial charge is 0.329 e. The number of H-pyrrole nitrogens is 1. The molecule has 2 atom stereocenters. The summed E-state index contributed by atoms with van der Waals surface area (Å²) in [5.74, 6) is 0.0542. The summed E-state index contributed by atoms with van der Waals surface area (Å²) in [7, 11) is 1.94. The Morgan fingerprint density at radius 2 is 2.04 bits per heavy atom. The summed E-state index contributed by atoms with van der Waals surface area (Å²) in [6, 6.07) is 1.76. The molecular formula is C19H25FN4O2. The van der Waals surface area contributed by atoms with Crippen LogP contribution in [0, 0.1) is 18.7 Å². The van der Waals surface area contributed by atoms with Gasteiger partial charge in [-0.2, -0.15) is 0 Å². The molecule has 0 radical (unpaired) electrons. The first-order valence-corrected chi connectivity index (χ1v) is 9.32. The Morgan fingerprint density at radius 3 is 2.69 bits per heavy atom. The van der Waals surface area contributed by atoms with Gasteiger partial charge in [-0.15, -0.1) is 0 Å². The first-order chi connectivity index (χ1) is 12.4. The second-order valence-corrected chi connectivity index (χ2v) is 7.66. The normalized spacial score (nSPS) is 21.5. The number of hydrogen-bond donors (Lipinski definition) is 2. The Balaban J connectivity index is 1.88. The maximum Gasteiger partial charge on any atom is 0.329 e. The van der Waals surface area contributed by atoms with E-state index in [-0.39, 0.29) is 17.2 Å². The van der Waals surface area contributed by atoms with Crippen LogP contribution in [0.5, 0.6) is 0 Å². The molecule has 2 heterocycles. The van der Waals surface area contributed by atoms with Crippen LogP contribution in [-0.4, -0.2) is 35.7 Å². The lowest BCUT2D eigenvalue weighted by Crippen LogP contribution is -2.33. The summed E-state index contributed by atoms with van der Waals surface area (Å²) in [4.78, 5) is 29.0. The Kier molecular flexibility index (Phi) is 4.14. The van der Waals surface area contributed by atoms with Crippen LogP contribution in [0.4, 0.5) is 10.1 Å². The summed E-state index contributed by atoms with van der Waals surface area (Å²) >= 11 is 0. The van der Waals surface area contributed by atoms with E-state index >= 15 is 0 Å². The maximum atomic E-state index is 15.0. The molecule has 1 aromatic heterocycles. The van der Waals surface area contributed by atoms with E-state index in [9.17, 15) is 14.0 Å². The predicted octanol–water partition coefficient (Wildman–Crippen LogP) is 1.91. The van der Waals surface area contributed by atoms with Crippen LogP contribution in [0.15, 0.2) is 15.7 Å². The molecule has 0 bridgehead atoms. The van der Waals surface area contributed by atoms with Crippen molar-refractivity contribution in [2.75, 3.05) is 25.0 Å². The third kappa shape index (κ3) is 2.65. The number of benzene rings is 1. The van der Waals surface area contributed by atoms with E-state index in [0.29, 0.717) is 28.7 Å². The molecule has 0 unspecified atom stereocenters. The van der Waals surface area contributed by atoms with Gasteiger partial charge in [-0.3, -0.25) is 14.3 Å². The van der Waals surface area contributed by atoms with Crippen LogP contribution in [0.1, 0.15) is 37.8 Å². The van der Waals surface area contributed by atoms with Gasteiger partial charge in [0, 0.05) is 30.7 Å². The number of hydrogen-bond acceptors (Lipinski definition) is 4. The number of aromatic amines is 1. The van der Waals surface area contributed by atoms with Gasteiger partial charge < -0.3 is 10.2 Å². The van der Waals surface area contributed by atoms with Crippen molar-refractivity contribution in [2.45, 2.75) is 45.2 Å². The SMILES string of the molecule is CN[C@@H](C)[C@H]1CCN(c2c(F)cc3c(=O)[nH]c(=O)n(C4CC4)c3c2C)C1. The van der Waals surface area contributed by atoms with Gasteiger partial charge in [-0.25, -0.2) is 9.18 Å². The highest BCUT2D eigenvalue weighted by Gasteiger charge is 2.32. The molecule has 1 aliphatic carbocycles. The largest absolute Gasteiger partial charge is 0.369 e. The van der Waals surface area contributed by atoms with Gasteiger partial charge in [0.15, 0.2) is 0 Å². The molecule has 2 aliphatic rings. The first kappa shape index (κ1) is 17.3. The zero-order valence-electron chi connectivity index (χ0n) is 15.4. The minimum atomic E-state index is -0.515. The monoisotopic (exact) mass is 360 g/mol. The maximum absolute atomic E-state index is 15.0. The van der Waals surface area contributed by atoms with Crippen LogP contribution >= 0.6 is 0 Å². The molecule has 1 saturated carbocycles. The molecule has 6 nitrogen and oxygen atoms in total. The van der Waals surface area contributed by atoms with E-state index < -0.39 is 11.2 Å². The van der Waals surface area contributed by atoms with Crippen LogP contribution in [0.2, 0.25) is 0 Å². The molecule has 7 heteroatoms. The highest BCUT2D eigenvalue weighted by Crippen LogP contribution is 2.39. The molecule has 4 rings (SSSR count). The lowest BCUT2D eigenvalue weighted by atomic mass is 10.0. The van der Waals surface area contributed by atoms with E-state index in [2.05, 4.69) is 22.1 Å². The Morgan fingerprint density at radius 1 is 1.31 bits per heavy atom. The molecule has 1 aliphatic heterocycles. The van der Waals surface area contributed by atoms with Crippen molar-refractivity contribution in [2.24, 2.45) is 5.92 Å². The van der Waals surface area contributed by atoms with Crippen LogP contribution < -0.4 is 21.5 Å². The number of nitrogens with one attached hydrogen (secondary N) is 2. The van der Waals surface area contributed by atoms with Crippen LogP contribution in [0.25, 0.3) is 10.9 Å². The molecule has 1 saturated heterocycles. The summed E-state index contributed by atoms with van der Waals surface area (Å²) < 4.78 is 16.6. The fourth-order valence-corrected chi connectivity index (χ4v) is 4.27. The van der Waals surface area contributed by atoms with Crippen molar-refractivity contribution in [3.05, 3.63) is 38.3 Å². The quantitative estimate of drug-likeness (QED) is 0.874. The average Bonchev–Trinajstić information content (AvgIpc) is 3.32. The average molecular weight is 360 g/mol. The number of nitrogens with zero attached hydrogens (tertiary/aromatic N) is 2. The number of rotatable bonds is 4. The summed E-state index contributed by atoms with van der Waals surface area (Å²) in [5.41, 5.74) is 0.894. The Bertz CT molecular complexity index is 976. The second kappa shape index (κ2) is 6.23. The number of aryl methyl sites for hydroxylation is 1. The first-order valence-electron chi connectivity index (χ1n) is 9.32. The number of anilines is 1. The van der Waals surface area contributed by atoms with Crippen molar-refractivity contribution in [1.82, 2.24) is 14.9 Å². The van der Waals surface area contributed by atoms with E-state index in [0.717, 1.165) is 32.4 Å². The van der Waals surface area contributed by atoms with Crippen molar-refractivity contribution in [3.63, 3.8) is 0 Å². The second-order valence-electron chi connectivity index (χ2n) is 7.66. The Hall–Kier alpha value is -2.15. The molecule has 2 N–H and O–H groups in total. The van der Waals surface area contributed by atoms with Gasteiger partial charge in [-0.1, -0.05) is 0 Å². The van der Waals surface area contributed by atoms with Gasteiger partial charge in [0.05, 0.1) is 16.6 Å². The standard InChI is InChI=1S/C19H25FN4O2/c1-10-16-14(18(25)22-19(26)24(16)13-4-5-13)8-15(20)17(10)23-7-6-12(9-23)11(2)21-3/h8,11-13,21H,4-7,9H2,1-3H3,(H,22,25,26)/t11-,12-/m0/s1. The van der Waals surface area contributed by atoms with Crippen molar-refractivity contribution >= 4 is 16.6 Å². The fourth-order valence-electron chi connectivity index (χ4n) is 4.27. The number of aromatic nitrogens is 2. The summed E-state index contributed by atoms with van der Waals surface area (Å²) in [6.45, 7) is 5.51. The lowest BCUT2D eigenvalue weighted by Gasteiger charge is -2.25. The van der Waals surface area contributed by atoms with Crippen molar-refractivity contribution in [3.8, 4) is 0 Å². The minimum absolute atomic E-state index is 0.106. The molecule has 2 aromatic rings. The molecule has 26 heavy (non-hydrogen) atoms. The zero-order chi connectivity index (χ0) is 18.6. The fraction of sp³-hybridized carbons (Fsp3) is 0.579. The van der Waals surface area contributed by atoms with Crippen molar-refractivity contribution in [1.29, 1.82) is 0 Å². The summed E-state index contributed by atoms with van der Waals surface area (Å²) in [5, 5.41) is 3.53. The van der Waals surface area contributed by atoms with Gasteiger partial charge in [0.25, 0.3) is 5.56 Å². The van der Waals surface area contributed by atoms with Crippen molar-refractivity contribution < 1.29 is 4.39 Å². The molecule has 140 valence electrons. The topological polar surface area (TPSA) is 70.1 Å². The van der Waals surface area contributed by atoms with Crippen LogP contribution in [0.3, 0.4) is 0 Å². The third-order valence-corrected chi connectivity index (χ3v) is 6.00. The summed E-state index contributed by atoms with van der Waals surface area (Å²) in [6.07, 6.45) is 2.82. The predicted molar refractivity (Wildman–Crippen MR) is 101 cm³/mol. The zero-order valence-corrected chi connectivity index (χ0v) is 15.4. The van der Waals surface area contributed by atoms with E-state index in [1.54, 1.807) is 4.57 Å².